The topological polar surface area (TPSA) is 35.0 Å². The van der Waals surface area contributed by atoms with Crippen LogP contribution in [0.25, 0.3) is 0 Å². The molecule has 16 heavy (non-hydrogen) atoms. The highest BCUT2D eigenvalue weighted by Crippen LogP contribution is 2.13. The summed E-state index contributed by atoms with van der Waals surface area (Å²) in [4.78, 5) is 0. The molecule has 0 atom stereocenters. The molecule has 0 fully saturated rings. The highest BCUT2D eigenvalue weighted by Gasteiger charge is 2.20. The summed E-state index contributed by atoms with van der Waals surface area (Å²) in [6.07, 6.45) is 0. The Morgan fingerprint density at radius 2 is 1.31 bits per heavy atom. The fourth-order valence-electron chi connectivity index (χ4n) is 1.98. The van der Waals surface area contributed by atoms with E-state index in [4.69, 9.17) is 0 Å². The van der Waals surface area contributed by atoms with Crippen molar-refractivity contribution < 1.29 is 4.48 Å². The maximum atomic E-state index is 2.29. The van der Waals surface area contributed by atoms with Crippen LogP contribution in [0.5, 0.6) is 0 Å². The summed E-state index contributed by atoms with van der Waals surface area (Å²) in [5.74, 6) is 0. The lowest BCUT2D eigenvalue weighted by molar-refractivity contribution is -0.936. The lowest BCUT2D eigenvalue weighted by Crippen LogP contribution is -2.46. The van der Waals surface area contributed by atoms with Crippen LogP contribution in [0.2, 0.25) is 0 Å². The van der Waals surface area contributed by atoms with Gasteiger partial charge in [-0.05, 0) is 20.8 Å². The molecule has 92 valence electrons. The third kappa shape index (κ3) is 4.37. The average molecular weight is 223 g/mol. The van der Waals surface area contributed by atoms with Gasteiger partial charge in [0.05, 0.1) is 28.0 Å². The van der Waals surface area contributed by atoms with Gasteiger partial charge in [-0.3, -0.25) is 0 Å². The van der Waals surface area contributed by atoms with E-state index in [2.05, 4.69) is 51.1 Å². The van der Waals surface area contributed by atoms with Crippen LogP contribution in [0.4, 0.5) is 0 Å². The van der Waals surface area contributed by atoms with Crippen molar-refractivity contribution in [2.75, 3.05) is 19.6 Å². The number of quaternary nitrogens is 1. The van der Waals surface area contributed by atoms with Crippen molar-refractivity contribution >= 4 is 8.41 Å². The monoisotopic (exact) mass is 223 g/mol. The Labute approximate surface area is 102 Å². The Hall–Kier alpha value is -0.795. The van der Waals surface area contributed by atoms with Crippen molar-refractivity contribution in [1.29, 1.82) is 0 Å². The molecule has 0 radical (unpaired) electrons. The first-order valence-electron chi connectivity index (χ1n) is 5.65. The molecule has 0 spiro atoms. The van der Waals surface area contributed by atoms with Crippen molar-refractivity contribution in [1.82, 2.24) is 6.15 Å². The fraction of sp³-hybridized carbons (Fsp3) is 0.538. The maximum absolute atomic E-state index is 2.29. The first-order chi connectivity index (χ1) is 6.76. The lowest BCUT2D eigenvalue weighted by atomic mass is 10.2. The molecule has 0 heterocycles. The van der Waals surface area contributed by atoms with Gasteiger partial charge < -0.3 is 10.6 Å². The molecule has 0 aliphatic heterocycles. The number of hydrogen-bond acceptors (Lipinski definition) is 1. The molecule has 1 aromatic carbocycles. The predicted molar refractivity (Wildman–Crippen MR) is 77.0 cm³/mol. The Bertz CT molecular complexity index is 250. The molecule has 0 aliphatic carbocycles. The van der Waals surface area contributed by atoms with E-state index in [1.165, 1.54) is 36.2 Å². The first kappa shape index (κ1) is 17.6. The van der Waals surface area contributed by atoms with Gasteiger partial charge >= 0.3 is 0 Å². The number of hydrogen-bond donors (Lipinski definition) is 1. The quantitative estimate of drug-likeness (QED) is 0.601. The van der Waals surface area contributed by atoms with Gasteiger partial charge in [-0.25, -0.2) is 0 Å². The normalized spacial score (nSPS) is 10.2. The van der Waals surface area contributed by atoms with Crippen molar-refractivity contribution in [3.63, 3.8) is 0 Å². The van der Waals surface area contributed by atoms with Crippen LogP contribution in [-0.2, 0) is 6.54 Å². The van der Waals surface area contributed by atoms with Crippen molar-refractivity contribution in [2.45, 2.75) is 27.3 Å². The van der Waals surface area contributed by atoms with E-state index in [1.54, 1.807) is 0 Å². The SMILES string of the molecule is B.CC[N+](CC)(CC)Cc1ccccc1.N. The van der Waals surface area contributed by atoms with Crippen LogP contribution >= 0.6 is 0 Å². The highest BCUT2D eigenvalue weighted by atomic mass is 15.3. The molecule has 0 aromatic heterocycles. The Balaban J connectivity index is 0. The van der Waals surface area contributed by atoms with E-state index < -0.39 is 0 Å². The van der Waals surface area contributed by atoms with Gasteiger partial charge in [0, 0.05) is 5.56 Å². The van der Waals surface area contributed by atoms with Gasteiger partial charge in [-0.1, -0.05) is 30.3 Å². The van der Waals surface area contributed by atoms with E-state index in [0.29, 0.717) is 0 Å². The second-order valence-corrected chi connectivity index (χ2v) is 3.93. The first-order valence-corrected chi connectivity index (χ1v) is 5.65. The molecule has 2 nitrogen and oxygen atoms in total. The van der Waals surface area contributed by atoms with Gasteiger partial charge in [0.25, 0.3) is 0 Å². The zero-order valence-corrected chi connectivity index (χ0v) is 10.4. The van der Waals surface area contributed by atoms with E-state index in [0.717, 1.165) is 0 Å². The van der Waals surface area contributed by atoms with Gasteiger partial charge in [-0.2, -0.15) is 0 Å². The highest BCUT2D eigenvalue weighted by molar-refractivity contribution is 5.75. The Morgan fingerprint density at radius 3 is 1.69 bits per heavy atom. The molecule has 0 bridgehead atoms. The number of benzene rings is 1. The van der Waals surface area contributed by atoms with E-state index in [-0.39, 0.29) is 14.6 Å². The fourth-order valence-corrected chi connectivity index (χ4v) is 1.98. The Morgan fingerprint density at radius 1 is 0.875 bits per heavy atom. The minimum atomic E-state index is 0. The third-order valence-corrected chi connectivity index (χ3v) is 3.37. The molecule has 3 heteroatoms. The second-order valence-electron chi connectivity index (χ2n) is 3.93. The van der Waals surface area contributed by atoms with Crippen molar-refractivity contribution in [3.8, 4) is 0 Å². The van der Waals surface area contributed by atoms with Crippen LogP contribution < -0.4 is 6.15 Å². The molecule has 3 N–H and O–H groups in total. The van der Waals surface area contributed by atoms with Gasteiger partial charge in [0.2, 0.25) is 0 Å². The van der Waals surface area contributed by atoms with Gasteiger partial charge in [0.1, 0.15) is 6.54 Å². The summed E-state index contributed by atoms with van der Waals surface area (Å²) in [7, 11) is 0. The summed E-state index contributed by atoms with van der Waals surface area (Å²) >= 11 is 0. The van der Waals surface area contributed by atoms with Crippen LogP contribution in [-0.4, -0.2) is 32.5 Å². The number of rotatable bonds is 5. The molecular weight excluding hydrogens is 195 g/mol. The van der Waals surface area contributed by atoms with Crippen LogP contribution in [0, 0.1) is 0 Å². The van der Waals surface area contributed by atoms with Crippen LogP contribution in [0.3, 0.4) is 0 Å². The molecule has 1 aromatic rings. The van der Waals surface area contributed by atoms with Crippen molar-refractivity contribution in [3.05, 3.63) is 35.9 Å². The molecule has 0 aliphatic rings. The molecule has 0 saturated carbocycles. The summed E-state index contributed by atoms with van der Waals surface area (Å²) in [6, 6.07) is 10.8. The Kier molecular flexibility index (Phi) is 9.20. The largest absolute Gasteiger partial charge is 0.344 e. The third-order valence-electron chi connectivity index (χ3n) is 3.37. The zero-order chi connectivity index (χ0) is 10.4. The molecule has 0 amide bonds. The van der Waals surface area contributed by atoms with Crippen LogP contribution in [0.15, 0.2) is 30.3 Å². The molecule has 0 unspecified atom stereocenters. The summed E-state index contributed by atoms with van der Waals surface area (Å²) < 4.78 is 1.20. The molecule has 1 rings (SSSR count). The average Bonchev–Trinajstić information content (AvgIpc) is 2.28. The minimum absolute atomic E-state index is 0. The molecule has 0 saturated heterocycles. The van der Waals surface area contributed by atoms with Gasteiger partial charge in [0.15, 0.2) is 0 Å². The summed E-state index contributed by atoms with van der Waals surface area (Å²) in [6.45, 7) is 11.7. The minimum Gasteiger partial charge on any atom is -0.344 e. The van der Waals surface area contributed by atoms with Crippen LogP contribution in [0.1, 0.15) is 26.3 Å². The maximum Gasteiger partial charge on any atom is 0.104 e. The van der Waals surface area contributed by atoms with Gasteiger partial charge in [-0.15, -0.1) is 0 Å². The van der Waals surface area contributed by atoms with E-state index >= 15 is 0 Å². The standard InChI is InChI=1S/C13H22N.BH3.H3N/c1-4-14(5-2,6-3)12-13-10-8-7-9-11-13;;/h7-11H,4-6,12H2,1-3H3;2*1H3/q+1;;. The zero-order valence-electron chi connectivity index (χ0n) is 10.4. The lowest BCUT2D eigenvalue weighted by Gasteiger charge is -2.35. The number of nitrogens with zero attached hydrogens (tertiary/aromatic N) is 1. The second kappa shape index (κ2) is 8.37. The van der Waals surface area contributed by atoms with E-state index in [1.807, 2.05) is 0 Å². The smallest absolute Gasteiger partial charge is 0.104 e. The van der Waals surface area contributed by atoms with Crippen molar-refractivity contribution in [2.24, 2.45) is 0 Å². The molecular formula is C13H28BN2+. The predicted octanol–water partition coefficient (Wildman–Crippen LogP) is 2.04. The summed E-state index contributed by atoms with van der Waals surface area (Å²) in [5, 5.41) is 0. The summed E-state index contributed by atoms with van der Waals surface area (Å²) in [5.41, 5.74) is 1.46. The van der Waals surface area contributed by atoms with E-state index in [9.17, 15) is 0 Å².